The number of carbonyl (C=O) groups is 1. The van der Waals surface area contributed by atoms with E-state index < -0.39 is 0 Å². The molecule has 0 aromatic heterocycles. The molecule has 0 aliphatic carbocycles. The first-order valence-corrected chi connectivity index (χ1v) is 8.79. The van der Waals surface area contributed by atoms with Crippen LogP contribution in [0, 0.1) is 0 Å². The van der Waals surface area contributed by atoms with E-state index in [-0.39, 0.29) is 6.09 Å². The van der Waals surface area contributed by atoms with Gasteiger partial charge in [0, 0.05) is 59.1 Å². The Morgan fingerprint density at radius 2 is 1.84 bits per heavy atom. The van der Waals surface area contributed by atoms with Gasteiger partial charge in [-0.15, -0.1) is 0 Å². The number of benzene rings is 1. The third-order valence-corrected chi connectivity index (χ3v) is 4.24. The number of ether oxygens (including phenoxy) is 1. The molecule has 1 N–H and O–H groups in total. The van der Waals surface area contributed by atoms with Crippen molar-refractivity contribution in [2.45, 2.75) is 6.92 Å². The van der Waals surface area contributed by atoms with Crippen LogP contribution >= 0.6 is 0 Å². The molecule has 7 nitrogen and oxygen atoms in total. The normalized spacial score (nSPS) is 15.1. The van der Waals surface area contributed by atoms with E-state index in [2.05, 4.69) is 39.3 Å². The Bertz CT molecular complexity index is 556. The molecular weight excluding hydrogens is 318 g/mol. The summed E-state index contributed by atoms with van der Waals surface area (Å²) in [5.74, 6) is 0.880. The molecule has 1 aromatic rings. The Morgan fingerprint density at radius 1 is 1.20 bits per heavy atom. The molecule has 1 saturated heterocycles. The maximum absolute atomic E-state index is 11.8. The van der Waals surface area contributed by atoms with E-state index in [1.54, 1.807) is 11.9 Å². The summed E-state index contributed by atoms with van der Waals surface area (Å²) >= 11 is 0. The molecule has 1 aliphatic heterocycles. The largest absolute Gasteiger partial charge is 0.450 e. The molecular formula is C18H29N5O2. The summed E-state index contributed by atoms with van der Waals surface area (Å²) in [6, 6.07) is 10.3. The van der Waals surface area contributed by atoms with Crippen molar-refractivity contribution in [3.63, 3.8) is 0 Å². The van der Waals surface area contributed by atoms with Gasteiger partial charge in [-0.05, 0) is 19.1 Å². The highest BCUT2D eigenvalue weighted by molar-refractivity contribution is 5.80. The molecule has 0 radical (unpaired) electrons. The number of para-hydroxylation sites is 1. The molecule has 2 rings (SSSR count). The van der Waals surface area contributed by atoms with Crippen LogP contribution in [-0.2, 0) is 4.74 Å². The number of hydrogen-bond acceptors (Lipinski definition) is 4. The van der Waals surface area contributed by atoms with Crippen molar-refractivity contribution in [1.29, 1.82) is 0 Å². The van der Waals surface area contributed by atoms with Gasteiger partial charge < -0.3 is 24.8 Å². The van der Waals surface area contributed by atoms with E-state index in [0.29, 0.717) is 19.7 Å². The highest BCUT2D eigenvalue weighted by atomic mass is 16.6. The van der Waals surface area contributed by atoms with Gasteiger partial charge >= 0.3 is 6.09 Å². The summed E-state index contributed by atoms with van der Waals surface area (Å²) in [4.78, 5) is 22.3. The molecule has 1 fully saturated rings. The first-order valence-electron chi connectivity index (χ1n) is 8.79. The summed E-state index contributed by atoms with van der Waals surface area (Å²) in [5.41, 5.74) is 1.20. The van der Waals surface area contributed by atoms with Gasteiger partial charge in [0.1, 0.15) is 0 Å². The standard InChI is InChI=1S/C18H29N5O2/c1-4-25-18(24)23-14-12-22(13-15-23)17(19-2)20-10-11-21(3)16-8-6-5-7-9-16/h5-9H,4,10-15H2,1-3H3,(H,19,20). The molecule has 0 saturated carbocycles. The molecule has 1 aliphatic rings. The van der Waals surface area contributed by atoms with Crippen LogP contribution in [-0.4, -0.2) is 81.8 Å². The smallest absolute Gasteiger partial charge is 0.409 e. The van der Waals surface area contributed by atoms with Crippen molar-refractivity contribution in [2.24, 2.45) is 4.99 Å². The van der Waals surface area contributed by atoms with E-state index in [1.165, 1.54) is 5.69 Å². The van der Waals surface area contributed by atoms with Crippen molar-refractivity contribution in [3.05, 3.63) is 30.3 Å². The third kappa shape index (κ3) is 5.55. The van der Waals surface area contributed by atoms with Crippen molar-refractivity contribution in [2.75, 3.05) is 64.9 Å². The Morgan fingerprint density at radius 3 is 2.44 bits per heavy atom. The minimum absolute atomic E-state index is 0.227. The molecule has 25 heavy (non-hydrogen) atoms. The maximum Gasteiger partial charge on any atom is 0.409 e. The average molecular weight is 347 g/mol. The minimum Gasteiger partial charge on any atom is -0.450 e. The molecule has 1 amide bonds. The van der Waals surface area contributed by atoms with Gasteiger partial charge in [0.15, 0.2) is 5.96 Å². The molecule has 0 bridgehead atoms. The van der Waals surface area contributed by atoms with Gasteiger partial charge in [0.05, 0.1) is 6.61 Å². The second kappa shape index (κ2) is 9.76. The maximum atomic E-state index is 11.8. The number of anilines is 1. The SMILES string of the molecule is CCOC(=O)N1CCN(C(=NC)NCCN(C)c2ccccc2)CC1. The van der Waals surface area contributed by atoms with Crippen LogP contribution in [0.15, 0.2) is 35.3 Å². The lowest BCUT2D eigenvalue weighted by Crippen LogP contribution is -2.54. The number of piperazine rings is 1. The highest BCUT2D eigenvalue weighted by Gasteiger charge is 2.23. The zero-order valence-electron chi connectivity index (χ0n) is 15.4. The fraction of sp³-hybridized carbons (Fsp3) is 0.556. The molecule has 1 aromatic carbocycles. The molecule has 1 heterocycles. The quantitative estimate of drug-likeness (QED) is 0.646. The van der Waals surface area contributed by atoms with Gasteiger partial charge in [0.2, 0.25) is 0 Å². The van der Waals surface area contributed by atoms with Crippen LogP contribution in [0.3, 0.4) is 0 Å². The van der Waals surface area contributed by atoms with Gasteiger partial charge in [0.25, 0.3) is 0 Å². The number of aliphatic imine (C=N–C) groups is 1. The molecule has 7 heteroatoms. The first kappa shape index (κ1) is 18.9. The fourth-order valence-corrected chi connectivity index (χ4v) is 2.79. The van der Waals surface area contributed by atoms with E-state index in [0.717, 1.165) is 32.1 Å². The summed E-state index contributed by atoms with van der Waals surface area (Å²) in [6.45, 7) is 6.75. The number of nitrogens with zero attached hydrogens (tertiary/aromatic N) is 4. The average Bonchev–Trinajstić information content (AvgIpc) is 2.66. The van der Waals surface area contributed by atoms with Crippen LogP contribution in [0.4, 0.5) is 10.5 Å². The Balaban J connectivity index is 1.75. The first-order chi connectivity index (χ1) is 12.2. The minimum atomic E-state index is -0.227. The summed E-state index contributed by atoms with van der Waals surface area (Å²) < 4.78 is 5.05. The number of carbonyl (C=O) groups excluding carboxylic acids is 1. The molecule has 0 spiro atoms. The Kier molecular flexibility index (Phi) is 7.37. The zero-order chi connectivity index (χ0) is 18.1. The van der Waals surface area contributed by atoms with Crippen molar-refractivity contribution in [1.82, 2.24) is 15.1 Å². The number of amides is 1. The van der Waals surface area contributed by atoms with Crippen molar-refractivity contribution in [3.8, 4) is 0 Å². The second-order valence-corrected chi connectivity index (χ2v) is 5.90. The van der Waals surface area contributed by atoms with Crippen molar-refractivity contribution >= 4 is 17.7 Å². The van der Waals surface area contributed by atoms with E-state index in [9.17, 15) is 4.79 Å². The van der Waals surface area contributed by atoms with Crippen molar-refractivity contribution < 1.29 is 9.53 Å². The lowest BCUT2D eigenvalue weighted by Gasteiger charge is -2.36. The predicted octanol–water partition coefficient (Wildman–Crippen LogP) is 1.47. The lowest BCUT2D eigenvalue weighted by atomic mass is 10.3. The summed E-state index contributed by atoms with van der Waals surface area (Å²) in [6.07, 6.45) is -0.227. The van der Waals surface area contributed by atoms with Gasteiger partial charge in [-0.3, -0.25) is 4.99 Å². The third-order valence-electron chi connectivity index (χ3n) is 4.24. The number of hydrogen-bond donors (Lipinski definition) is 1. The summed E-state index contributed by atoms with van der Waals surface area (Å²) in [5, 5.41) is 3.41. The Labute approximate surface area is 150 Å². The number of guanidine groups is 1. The molecule has 0 atom stereocenters. The number of nitrogens with one attached hydrogen (secondary N) is 1. The zero-order valence-corrected chi connectivity index (χ0v) is 15.4. The highest BCUT2D eigenvalue weighted by Crippen LogP contribution is 2.10. The second-order valence-electron chi connectivity index (χ2n) is 5.90. The topological polar surface area (TPSA) is 60.4 Å². The Hall–Kier alpha value is -2.44. The lowest BCUT2D eigenvalue weighted by molar-refractivity contribution is 0.0915. The van der Waals surface area contributed by atoms with E-state index in [4.69, 9.17) is 4.74 Å². The summed E-state index contributed by atoms with van der Waals surface area (Å²) in [7, 11) is 3.87. The van der Waals surface area contributed by atoms with Crippen LogP contribution in [0.2, 0.25) is 0 Å². The van der Waals surface area contributed by atoms with E-state index in [1.807, 2.05) is 25.1 Å². The van der Waals surface area contributed by atoms with Gasteiger partial charge in [-0.1, -0.05) is 18.2 Å². The fourth-order valence-electron chi connectivity index (χ4n) is 2.79. The predicted molar refractivity (Wildman–Crippen MR) is 101 cm³/mol. The van der Waals surface area contributed by atoms with Crippen LogP contribution in [0.1, 0.15) is 6.92 Å². The van der Waals surface area contributed by atoms with Crippen LogP contribution in [0.25, 0.3) is 0 Å². The van der Waals surface area contributed by atoms with Gasteiger partial charge in [-0.25, -0.2) is 4.79 Å². The van der Waals surface area contributed by atoms with Crippen LogP contribution in [0.5, 0.6) is 0 Å². The number of rotatable bonds is 5. The monoisotopic (exact) mass is 347 g/mol. The molecule has 138 valence electrons. The van der Waals surface area contributed by atoms with E-state index >= 15 is 0 Å². The van der Waals surface area contributed by atoms with Gasteiger partial charge in [-0.2, -0.15) is 0 Å². The van der Waals surface area contributed by atoms with Crippen LogP contribution < -0.4 is 10.2 Å². The molecule has 0 unspecified atom stereocenters. The number of likely N-dealkylation sites (N-methyl/N-ethyl adjacent to an activating group) is 1.